The average Bonchev–Trinajstić information content (AvgIpc) is 2.35. The molecule has 0 aromatic heterocycles. The fourth-order valence-corrected chi connectivity index (χ4v) is 2.01. The fourth-order valence-electron chi connectivity index (χ4n) is 1.69. The Hall–Kier alpha value is -0.670. The van der Waals surface area contributed by atoms with Crippen molar-refractivity contribution in [3.8, 4) is 5.75 Å². The molecule has 0 aliphatic heterocycles. The Labute approximate surface area is 103 Å². The molecule has 0 saturated heterocycles. The van der Waals surface area contributed by atoms with E-state index in [1.807, 2.05) is 23.9 Å². The van der Waals surface area contributed by atoms with Gasteiger partial charge in [0.05, 0.1) is 7.11 Å². The second kappa shape index (κ2) is 7.58. The van der Waals surface area contributed by atoms with Crippen LogP contribution in [-0.4, -0.2) is 25.7 Å². The van der Waals surface area contributed by atoms with Crippen molar-refractivity contribution in [1.29, 1.82) is 0 Å². The second-order valence-corrected chi connectivity index (χ2v) is 4.67. The van der Waals surface area contributed by atoms with Gasteiger partial charge in [-0.15, -0.1) is 0 Å². The Kier molecular flexibility index (Phi) is 6.34. The molecule has 0 aliphatic rings. The summed E-state index contributed by atoms with van der Waals surface area (Å²) in [6, 6.07) is 8.73. The first-order valence-corrected chi connectivity index (χ1v) is 7.07. The monoisotopic (exact) mass is 239 g/mol. The van der Waals surface area contributed by atoms with E-state index >= 15 is 0 Å². The summed E-state index contributed by atoms with van der Waals surface area (Å²) >= 11 is 1.87. The van der Waals surface area contributed by atoms with Crippen molar-refractivity contribution < 1.29 is 4.74 Å². The first kappa shape index (κ1) is 13.4. The third kappa shape index (κ3) is 4.06. The molecule has 1 atom stereocenters. The zero-order valence-corrected chi connectivity index (χ0v) is 11.1. The van der Waals surface area contributed by atoms with Gasteiger partial charge in [0, 0.05) is 18.3 Å². The molecular formula is C13H21NOS. The zero-order chi connectivity index (χ0) is 11.8. The number of hydrogen-bond donors (Lipinski definition) is 1. The quantitative estimate of drug-likeness (QED) is 0.739. The van der Waals surface area contributed by atoms with E-state index in [1.54, 1.807) is 7.11 Å². The van der Waals surface area contributed by atoms with Gasteiger partial charge in [0.1, 0.15) is 5.75 Å². The van der Waals surface area contributed by atoms with E-state index in [4.69, 9.17) is 4.74 Å². The number of nitrogens with one attached hydrogen (secondary N) is 1. The summed E-state index contributed by atoms with van der Waals surface area (Å²) in [4.78, 5) is 0. The maximum absolute atomic E-state index is 5.24. The molecule has 0 amide bonds. The maximum Gasteiger partial charge on any atom is 0.119 e. The highest BCUT2D eigenvalue weighted by molar-refractivity contribution is 7.98. The van der Waals surface area contributed by atoms with Crippen LogP contribution >= 0.6 is 11.8 Å². The predicted molar refractivity (Wildman–Crippen MR) is 72.4 cm³/mol. The third-order valence-electron chi connectivity index (χ3n) is 2.60. The smallest absolute Gasteiger partial charge is 0.119 e. The minimum absolute atomic E-state index is 0.433. The minimum Gasteiger partial charge on any atom is -0.497 e. The molecule has 1 aromatic rings. The summed E-state index contributed by atoms with van der Waals surface area (Å²) in [5.41, 5.74) is 1.31. The van der Waals surface area contributed by atoms with Gasteiger partial charge in [-0.25, -0.2) is 0 Å². The van der Waals surface area contributed by atoms with E-state index in [0.717, 1.165) is 24.5 Å². The Morgan fingerprint density at radius 3 is 2.88 bits per heavy atom. The number of thioether (sulfide) groups is 1. The van der Waals surface area contributed by atoms with Crippen LogP contribution in [0.3, 0.4) is 0 Å². The lowest BCUT2D eigenvalue weighted by molar-refractivity contribution is 0.413. The summed E-state index contributed by atoms with van der Waals surface area (Å²) in [6.07, 6.45) is 3.23. The second-order valence-electron chi connectivity index (χ2n) is 3.68. The highest BCUT2D eigenvalue weighted by atomic mass is 32.2. The minimum atomic E-state index is 0.433. The molecular weight excluding hydrogens is 218 g/mol. The highest BCUT2D eigenvalue weighted by Crippen LogP contribution is 2.21. The summed E-state index contributed by atoms with van der Waals surface area (Å²) in [5, 5.41) is 3.56. The molecule has 0 saturated carbocycles. The molecule has 90 valence electrons. The van der Waals surface area contributed by atoms with E-state index in [1.165, 1.54) is 5.56 Å². The molecule has 0 bridgehead atoms. The molecule has 0 radical (unpaired) electrons. The van der Waals surface area contributed by atoms with Crippen molar-refractivity contribution in [2.24, 2.45) is 0 Å². The van der Waals surface area contributed by atoms with Crippen LogP contribution in [0.5, 0.6) is 5.75 Å². The van der Waals surface area contributed by atoms with Crippen LogP contribution in [0.2, 0.25) is 0 Å². The van der Waals surface area contributed by atoms with Gasteiger partial charge in [-0.3, -0.25) is 0 Å². The standard InChI is InChI=1S/C13H21NOS/c1-4-13(14-8-9-16-3)11-6-5-7-12(10-11)15-2/h5-7,10,13-14H,4,8-9H2,1-3H3. The van der Waals surface area contributed by atoms with Crippen LogP contribution in [0.4, 0.5) is 0 Å². The Morgan fingerprint density at radius 2 is 2.25 bits per heavy atom. The first-order valence-electron chi connectivity index (χ1n) is 5.68. The van der Waals surface area contributed by atoms with Gasteiger partial charge in [-0.2, -0.15) is 11.8 Å². The molecule has 0 heterocycles. The van der Waals surface area contributed by atoms with Crippen molar-refractivity contribution in [3.05, 3.63) is 29.8 Å². The first-order chi connectivity index (χ1) is 7.81. The maximum atomic E-state index is 5.24. The molecule has 3 heteroatoms. The van der Waals surface area contributed by atoms with Gasteiger partial charge in [-0.1, -0.05) is 19.1 Å². The average molecular weight is 239 g/mol. The zero-order valence-electron chi connectivity index (χ0n) is 10.3. The van der Waals surface area contributed by atoms with E-state index < -0.39 is 0 Å². The van der Waals surface area contributed by atoms with Crippen LogP contribution in [-0.2, 0) is 0 Å². The number of rotatable bonds is 7. The summed E-state index contributed by atoms with van der Waals surface area (Å²) in [6.45, 7) is 3.26. The van der Waals surface area contributed by atoms with Gasteiger partial charge < -0.3 is 10.1 Å². The lowest BCUT2D eigenvalue weighted by Crippen LogP contribution is -2.23. The van der Waals surface area contributed by atoms with Gasteiger partial charge in [-0.05, 0) is 30.4 Å². The molecule has 0 fully saturated rings. The third-order valence-corrected chi connectivity index (χ3v) is 3.21. The lowest BCUT2D eigenvalue weighted by Gasteiger charge is -2.17. The van der Waals surface area contributed by atoms with Gasteiger partial charge >= 0.3 is 0 Å². The van der Waals surface area contributed by atoms with E-state index in [-0.39, 0.29) is 0 Å². The molecule has 1 aromatic carbocycles. The van der Waals surface area contributed by atoms with Crippen molar-refractivity contribution in [1.82, 2.24) is 5.32 Å². The topological polar surface area (TPSA) is 21.3 Å². The molecule has 1 unspecified atom stereocenters. The van der Waals surface area contributed by atoms with Gasteiger partial charge in [0.25, 0.3) is 0 Å². The molecule has 1 rings (SSSR count). The predicted octanol–water partition coefficient (Wildman–Crippen LogP) is 3.10. The van der Waals surface area contributed by atoms with Crippen LogP contribution in [0.15, 0.2) is 24.3 Å². The summed E-state index contributed by atoms with van der Waals surface area (Å²) in [7, 11) is 1.71. The number of hydrogen-bond acceptors (Lipinski definition) is 3. The highest BCUT2D eigenvalue weighted by Gasteiger charge is 2.08. The van der Waals surface area contributed by atoms with Gasteiger partial charge in [0.15, 0.2) is 0 Å². The number of benzene rings is 1. The Balaban J connectivity index is 2.62. The number of ether oxygens (including phenoxy) is 1. The van der Waals surface area contributed by atoms with Crippen molar-refractivity contribution in [2.45, 2.75) is 19.4 Å². The normalized spacial score (nSPS) is 12.4. The molecule has 16 heavy (non-hydrogen) atoms. The molecule has 0 aliphatic carbocycles. The Morgan fingerprint density at radius 1 is 1.44 bits per heavy atom. The SMILES string of the molecule is CCC(NCCSC)c1cccc(OC)c1. The van der Waals surface area contributed by atoms with Crippen LogP contribution < -0.4 is 10.1 Å². The lowest BCUT2D eigenvalue weighted by atomic mass is 10.0. The fraction of sp³-hybridized carbons (Fsp3) is 0.538. The summed E-state index contributed by atoms with van der Waals surface area (Å²) in [5.74, 6) is 2.09. The van der Waals surface area contributed by atoms with Crippen molar-refractivity contribution in [2.75, 3.05) is 25.7 Å². The van der Waals surface area contributed by atoms with E-state index in [2.05, 4.69) is 30.6 Å². The van der Waals surface area contributed by atoms with E-state index in [9.17, 15) is 0 Å². The Bertz CT molecular complexity index is 304. The van der Waals surface area contributed by atoms with Crippen LogP contribution in [0, 0.1) is 0 Å². The molecule has 1 N–H and O–H groups in total. The molecule has 0 spiro atoms. The van der Waals surface area contributed by atoms with Crippen LogP contribution in [0.25, 0.3) is 0 Å². The van der Waals surface area contributed by atoms with Gasteiger partial charge in [0.2, 0.25) is 0 Å². The summed E-state index contributed by atoms with van der Waals surface area (Å²) < 4.78 is 5.24. The molecule has 2 nitrogen and oxygen atoms in total. The van der Waals surface area contributed by atoms with Crippen molar-refractivity contribution in [3.63, 3.8) is 0 Å². The van der Waals surface area contributed by atoms with Crippen molar-refractivity contribution >= 4 is 11.8 Å². The van der Waals surface area contributed by atoms with Crippen LogP contribution in [0.1, 0.15) is 24.9 Å². The largest absolute Gasteiger partial charge is 0.497 e. The number of methoxy groups -OCH3 is 1. The van der Waals surface area contributed by atoms with E-state index in [0.29, 0.717) is 6.04 Å².